The molecule has 1 aromatic carbocycles. The van der Waals surface area contributed by atoms with Crippen molar-refractivity contribution in [1.29, 1.82) is 0 Å². The number of carbonyl (C=O) groups excluding carboxylic acids is 2. The van der Waals surface area contributed by atoms with Crippen LogP contribution in [0.4, 0.5) is 5.69 Å². The van der Waals surface area contributed by atoms with Crippen LogP contribution in [-0.2, 0) is 25.5 Å². The number of rotatable bonds is 7. The van der Waals surface area contributed by atoms with E-state index in [1.165, 1.54) is 0 Å². The van der Waals surface area contributed by atoms with Crippen LogP contribution in [0.2, 0.25) is 0 Å². The topological polar surface area (TPSA) is 87.2 Å². The largest absolute Gasteiger partial charge is 0.481 e. The number of anilines is 1. The molecule has 0 saturated carbocycles. The Balaban J connectivity index is 1.66. The third kappa shape index (κ3) is 4.86. The van der Waals surface area contributed by atoms with Gasteiger partial charge in [-0.2, -0.15) is 0 Å². The Kier molecular flexibility index (Phi) is 6.45. The molecule has 7 heteroatoms. The molecule has 3 rings (SSSR count). The number of ether oxygens (including phenoxy) is 1. The number of para-hydroxylation sites is 1. The molecule has 7 nitrogen and oxygen atoms in total. The molecule has 27 heavy (non-hydrogen) atoms. The number of benzene rings is 1. The van der Waals surface area contributed by atoms with Crippen LogP contribution in [-0.4, -0.2) is 60.1 Å². The highest BCUT2D eigenvalue weighted by Crippen LogP contribution is 2.27. The smallest absolute Gasteiger partial charge is 0.305 e. The predicted molar refractivity (Wildman–Crippen MR) is 99.5 cm³/mol. The lowest BCUT2D eigenvalue weighted by Gasteiger charge is -2.35. The van der Waals surface area contributed by atoms with E-state index in [0.717, 1.165) is 30.5 Å². The van der Waals surface area contributed by atoms with E-state index in [-0.39, 0.29) is 37.2 Å². The average Bonchev–Trinajstić information content (AvgIpc) is 2.68. The molecule has 0 unspecified atom stereocenters. The minimum absolute atomic E-state index is 0.00921. The molecule has 2 aliphatic heterocycles. The lowest BCUT2D eigenvalue weighted by Crippen LogP contribution is -2.46. The van der Waals surface area contributed by atoms with E-state index < -0.39 is 5.97 Å². The number of aryl methyl sites for hydroxylation is 1. The highest BCUT2D eigenvalue weighted by atomic mass is 16.5. The van der Waals surface area contributed by atoms with Gasteiger partial charge in [0, 0.05) is 50.9 Å². The summed E-state index contributed by atoms with van der Waals surface area (Å²) in [6, 6.07) is 7.79. The molecule has 1 N–H and O–H groups in total. The minimum Gasteiger partial charge on any atom is -0.481 e. The standard InChI is InChI=1S/C20H26N2O5/c23-18-6-5-15-3-1-2-4-17(15)22(18)11-7-19(24)21(12-8-20(25)26)16-9-13-27-14-10-16/h1-4,16H,5-14H2,(H,25,26). The van der Waals surface area contributed by atoms with Gasteiger partial charge in [0.2, 0.25) is 11.8 Å². The first-order valence-electron chi connectivity index (χ1n) is 9.53. The van der Waals surface area contributed by atoms with E-state index in [4.69, 9.17) is 9.84 Å². The molecule has 0 bridgehead atoms. The van der Waals surface area contributed by atoms with Crippen LogP contribution in [0.15, 0.2) is 24.3 Å². The van der Waals surface area contributed by atoms with Crippen molar-refractivity contribution < 1.29 is 24.2 Å². The average molecular weight is 374 g/mol. The maximum absolute atomic E-state index is 12.9. The molecule has 1 fully saturated rings. The Bertz CT molecular complexity index is 699. The quantitative estimate of drug-likeness (QED) is 0.787. The fourth-order valence-corrected chi connectivity index (χ4v) is 3.82. The zero-order valence-electron chi connectivity index (χ0n) is 15.4. The number of hydrogen-bond donors (Lipinski definition) is 1. The van der Waals surface area contributed by atoms with Crippen LogP contribution in [0.1, 0.15) is 37.7 Å². The van der Waals surface area contributed by atoms with Crippen LogP contribution in [0.25, 0.3) is 0 Å². The minimum atomic E-state index is -0.917. The normalized spacial score (nSPS) is 17.5. The highest BCUT2D eigenvalue weighted by Gasteiger charge is 2.28. The maximum atomic E-state index is 12.9. The van der Waals surface area contributed by atoms with Crippen LogP contribution in [0, 0.1) is 0 Å². The number of hydrogen-bond acceptors (Lipinski definition) is 4. The van der Waals surface area contributed by atoms with E-state index in [0.29, 0.717) is 26.2 Å². The van der Waals surface area contributed by atoms with Gasteiger partial charge in [0.15, 0.2) is 0 Å². The molecule has 0 atom stereocenters. The summed E-state index contributed by atoms with van der Waals surface area (Å²) in [5.74, 6) is -0.983. The number of nitrogens with zero attached hydrogens (tertiary/aromatic N) is 2. The van der Waals surface area contributed by atoms with Crippen molar-refractivity contribution in [1.82, 2.24) is 4.90 Å². The van der Waals surface area contributed by atoms with Gasteiger partial charge < -0.3 is 19.6 Å². The van der Waals surface area contributed by atoms with Gasteiger partial charge in [0.05, 0.1) is 6.42 Å². The van der Waals surface area contributed by atoms with E-state index in [9.17, 15) is 14.4 Å². The summed E-state index contributed by atoms with van der Waals surface area (Å²) in [7, 11) is 0. The van der Waals surface area contributed by atoms with Crippen LogP contribution in [0.5, 0.6) is 0 Å². The zero-order valence-corrected chi connectivity index (χ0v) is 15.4. The number of aliphatic carboxylic acids is 1. The summed E-state index contributed by atoms with van der Waals surface area (Å²) in [5.41, 5.74) is 2.00. The zero-order chi connectivity index (χ0) is 19.2. The number of amides is 2. The van der Waals surface area contributed by atoms with Crippen molar-refractivity contribution in [2.24, 2.45) is 0 Å². The molecule has 1 saturated heterocycles. The first-order chi connectivity index (χ1) is 13.1. The van der Waals surface area contributed by atoms with Crippen molar-refractivity contribution >= 4 is 23.5 Å². The van der Waals surface area contributed by atoms with E-state index in [2.05, 4.69) is 0 Å². The Morgan fingerprint density at radius 3 is 2.63 bits per heavy atom. The second-order valence-corrected chi connectivity index (χ2v) is 7.00. The van der Waals surface area contributed by atoms with Gasteiger partial charge in [-0.15, -0.1) is 0 Å². The number of carbonyl (C=O) groups is 3. The molecule has 2 aliphatic rings. The van der Waals surface area contributed by atoms with Gasteiger partial charge in [0.1, 0.15) is 0 Å². The molecular weight excluding hydrogens is 348 g/mol. The highest BCUT2D eigenvalue weighted by molar-refractivity contribution is 5.97. The molecule has 146 valence electrons. The van der Waals surface area contributed by atoms with E-state index >= 15 is 0 Å². The first-order valence-corrected chi connectivity index (χ1v) is 9.53. The van der Waals surface area contributed by atoms with Crippen LogP contribution in [0.3, 0.4) is 0 Å². The van der Waals surface area contributed by atoms with Gasteiger partial charge in [-0.1, -0.05) is 18.2 Å². The van der Waals surface area contributed by atoms with E-state index in [1.54, 1.807) is 9.80 Å². The number of carboxylic acid groups (broad SMARTS) is 1. The van der Waals surface area contributed by atoms with Crippen molar-refractivity contribution in [2.45, 2.75) is 44.6 Å². The summed E-state index contributed by atoms with van der Waals surface area (Å²) in [6.45, 7) is 1.68. The van der Waals surface area contributed by atoms with Crippen molar-refractivity contribution in [3.8, 4) is 0 Å². The Morgan fingerprint density at radius 1 is 1.15 bits per heavy atom. The second-order valence-electron chi connectivity index (χ2n) is 7.00. The summed E-state index contributed by atoms with van der Waals surface area (Å²) in [5, 5.41) is 9.00. The summed E-state index contributed by atoms with van der Waals surface area (Å²) >= 11 is 0. The van der Waals surface area contributed by atoms with Gasteiger partial charge in [-0.05, 0) is 30.9 Å². The molecular formula is C20H26N2O5. The summed E-state index contributed by atoms with van der Waals surface area (Å²) in [6.07, 6.45) is 2.74. The van der Waals surface area contributed by atoms with E-state index in [1.807, 2.05) is 24.3 Å². The Labute approximate surface area is 158 Å². The predicted octanol–water partition coefficient (Wildman–Crippen LogP) is 1.84. The molecule has 1 aromatic rings. The van der Waals surface area contributed by atoms with Crippen LogP contribution >= 0.6 is 0 Å². The van der Waals surface area contributed by atoms with Gasteiger partial charge >= 0.3 is 5.97 Å². The fraction of sp³-hybridized carbons (Fsp3) is 0.550. The Morgan fingerprint density at radius 2 is 1.89 bits per heavy atom. The third-order valence-corrected chi connectivity index (χ3v) is 5.26. The molecule has 2 amide bonds. The Hall–Kier alpha value is -2.41. The fourth-order valence-electron chi connectivity index (χ4n) is 3.82. The number of fused-ring (bicyclic) bond motifs is 1. The molecule has 0 radical (unpaired) electrons. The second kappa shape index (κ2) is 8.99. The molecule has 0 aromatic heterocycles. The van der Waals surface area contributed by atoms with Crippen molar-refractivity contribution in [3.63, 3.8) is 0 Å². The van der Waals surface area contributed by atoms with Gasteiger partial charge in [0.25, 0.3) is 0 Å². The monoisotopic (exact) mass is 374 g/mol. The molecule has 2 heterocycles. The number of carboxylic acids is 1. The lowest BCUT2D eigenvalue weighted by atomic mass is 10.0. The maximum Gasteiger partial charge on any atom is 0.305 e. The van der Waals surface area contributed by atoms with Gasteiger partial charge in [-0.25, -0.2) is 0 Å². The third-order valence-electron chi connectivity index (χ3n) is 5.26. The SMILES string of the molecule is O=C(O)CCN(C(=O)CCN1C(=O)CCc2ccccc21)C1CCOCC1. The van der Waals surface area contributed by atoms with Crippen molar-refractivity contribution in [2.75, 3.05) is 31.2 Å². The van der Waals surface area contributed by atoms with Gasteiger partial charge in [-0.3, -0.25) is 14.4 Å². The molecule has 0 spiro atoms. The summed E-state index contributed by atoms with van der Waals surface area (Å²) in [4.78, 5) is 39.6. The van der Waals surface area contributed by atoms with Crippen LogP contribution < -0.4 is 4.90 Å². The lowest BCUT2D eigenvalue weighted by molar-refractivity contribution is -0.140. The molecule has 0 aliphatic carbocycles. The summed E-state index contributed by atoms with van der Waals surface area (Å²) < 4.78 is 5.36. The first kappa shape index (κ1) is 19.4. The van der Waals surface area contributed by atoms with Crippen molar-refractivity contribution in [3.05, 3.63) is 29.8 Å².